The van der Waals surface area contributed by atoms with Crippen LogP contribution in [0.3, 0.4) is 0 Å². The molecule has 2 saturated heterocycles. The average molecular weight is 267 g/mol. The molecule has 0 aliphatic carbocycles. The van der Waals surface area contributed by atoms with Gasteiger partial charge in [-0.25, -0.2) is 5.01 Å². The number of hydrazine groups is 1. The third-order valence-corrected chi connectivity index (χ3v) is 3.27. The van der Waals surface area contributed by atoms with Crippen LogP contribution < -0.4 is 10.7 Å². The molecule has 1 aromatic heterocycles. The van der Waals surface area contributed by atoms with E-state index >= 15 is 0 Å². The summed E-state index contributed by atoms with van der Waals surface area (Å²) in [6.07, 6.45) is 2.05. The fourth-order valence-electron chi connectivity index (χ4n) is 2.23. The molecule has 1 amide bonds. The van der Waals surface area contributed by atoms with Crippen LogP contribution in [0.4, 0.5) is 0 Å². The van der Waals surface area contributed by atoms with Crippen molar-refractivity contribution in [1.29, 1.82) is 0 Å². The zero-order valence-corrected chi connectivity index (χ0v) is 10.6. The van der Waals surface area contributed by atoms with Crippen LogP contribution in [0.15, 0.2) is 4.52 Å². The quantitative estimate of drug-likeness (QED) is 0.760. The molecular formula is C11H17N5O3. The molecule has 1 unspecified atom stereocenters. The molecule has 0 aromatic carbocycles. The Morgan fingerprint density at radius 3 is 3.00 bits per heavy atom. The fraction of sp³-hybridized carbons (Fsp3) is 0.727. The highest BCUT2D eigenvalue weighted by molar-refractivity contribution is 5.89. The molecule has 19 heavy (non-hydrogen) atoms. The van der Waals surface area contributed by atoms with E-state index in [1.165, 1.54) is 0 Å². The second-order valence-corrected chi connectivity index (χ2v) is 4.65. The van der Waals surface area contributed by atoms with E-state index in [0.717, 1.165) is 19.4 Å². The highest BCUT2D eigenvalue weighted by atomic mass is 16.5. The van der Waals surface area contributed by atoms with Crippen molar-refractivity contribution < 1.29 is 14.1 Å². The topological polar surface area (TPSA) is 92.5 Å². The van der Waals surface area contributed by atoms with E-state index in [9.17, 15) is 4.79 Å². The Morgan fingerprint density at radius 2 is 2.26 bits per heavy atom. The lowest BCUT2D eigenvalue weighted by Gasteiger charge is -2.26. The molecule has 0 bridgehead atoms. The minimum Gasteiger partial charge on any atom is -0.379 e. The number of rotatable bonds is 3. The highest BCUT2D eigenvalue weighted by Gasteiger charge is 2.25. The zero-order valence-electron chi connectivity index (χ0n) is 10.6. The third kappa shape index (κ3) is 2.91. The number of hydrogen-bond acceptors (Lipinski definition) is 7. The van der Waals surface area contributed by atoms with Crippen LogP contribution in [-0.2, 0) is 4.74 Å². The molecule has 104 valence electrons. The van der Waals surface area contributed by atoms with Gasteiger partial charge >= 0.3 is 5.91 Å². The highest BCUT2D eigenvalue weighted by Crippen LogP contribution is 2.20. The van der Waals surface area contributed by atoms with Gasteiger partial charge < -0.3 is 14.6 Å². The van der Waals surface area contributed by atoms with Gasteiger partial charge in [0.1, 0.15) is 0 Å². The molecule has 2 fully saturated rings. The van der Waals surface area contributed by atoms with Crippen molar-refractivity contribution in [2.75, 3.05) is 32.8 Å². The smallest absolute Gasteiger partial charge is 0.306 e. The molecule has 2 aliphatic heterocycles. The molecule has 1 aromatic rings. The summed E-state index contributed by atoms with van der Waals surface area (Å²) in [5, 5.41) is 8.78. The van der Waals surface area contributed by atoms with E-state index in [2.05, 4.69) is 20.9 Å². The van der Waals surface area contributed by atoms with Gasteiger partial charge in [0.05, 0.1) is 19.3 Å². The molecule has 2 aliphatic rings. The fourth-order valence-corrected chi connectivity index (χ4v) is 2.23. The van der Waals surface area contributed by atoms with E-state index in [1.54, 1.807) is 5.01 Å². The summed E-state index contributed by atoms with van der Waals surface area (Å²) >= 11 is 0. The molecule has 2 N–H and O–H groups in total. The number of carbonyl (C=O) groups is 1. The maximum absolute atomic E-state index is 11.9. The monoisotopic (exact) mass is 267 g/mol. The zero-order chi connectivity index (χ0) is 13.1. The molecule has 3 rings (SSSR count). The van der Waals surface area contributed by atoms with E-state index in [1.807, 2.05) is 0 Å². The number of amides is 1. The summed E-state index contributed by atoms with van der Waals surface area (Å²) in [7, 11) is 0. The molecule has 8 heteroatoms. The van der Waals surface area contributed by atoms with Crippen molar-refractivity contribution in [1.82, 2.24) is 25.9 Å². The summed E-state index contributed by atoms with van der Waals surface area (Å²) in [5.41, 5.74) is 2.75. The molecule has 3 heterocycles. The molecular weight excluding hydrogens is 250 g/mol. The first-order valence-corrected chi connectivity index (χ1v) is 6.53. The van der Waals surface area contributed by atoms with Gasteiger partial charge in [-0.3, -0.25) is 10.2 Å². The lowest BCUT2D eigenvalue weighted by Crippen LogP contribution is -2.48. The van der Waals surface area contributed by atoms with E-state index < -0.39 is 0 Å². The average Bonchev–Trinajstić information content (AvgIpc) is 3.11. The lowest BCUT2D eigenvalue weighted by atomic mass is 10.2. The summed E-state index contributed by atoms with van der Waals surface area (Å²) in [6, 6.07) is 0.0810. The van der Waals surface area contributed by atoms with Crippen molar-refractivity contribution in [3.63, 3.8) is 0 Å². The number of morpholine rings is 1. The maximum Gasteiger partial charge on any atom is 0.306 e. The van der Waals surface area contributed by atoms with Gasteiger partial charge in [0.25, 0.3) is 5.82 Å². The third-order valence-electron chi connectivity index (χ3n) is 3.27. The van der Waals surface area contributed by atoms with Crippen molar-refractivity contribution in [2.45, 2.75) is 18.9 Å². The Kier molecular flexibility index (Phi) is 3.72. The van der Waals surface area contributed by atoms with Crippen LogP contribution in [0.5, 0.6) is 0 Å². The Labute approximate surface area is 110 Å². The van der Waals surface area contributed by atoms with Gasteiger partial charge in [-0.2, -0.15) is 4.98 Å². The number of carbonyl (C=O) groups excluding carboxylic acids is 1. The van der Waals surface area contributed by atoms with Gasteiger partial charge in [0, 0.05) is 13.1 Å². The van der Waals surface area contributed by atoms with Crippen LogP contribution >= 0.6 is 0 Å². The van der Waals surface area contributed by atoms with E-state index in [4.69, 9.17) is 9.26 Å². The van der Waals surface area contributed by atoms with E-state index in [-0.39, 0.29) is 17.8 Å². The minimum atomic E-state index is -0.338. The molecule has 8 nitrogen and oxygen atoms in total. The predicted octanol–water partition coefficient (Wildman–Crippen LogP) is -0.529. The van der Waals surface area contributed by atoms with Gasteiger partial charge in [0.2, 0.25) is 5.89 Å². The number of aromatic nitrogens is 2. The molecule has 0 spiro atoms. The van der Waals surface area contributed by atoms with Crippen molar-refractivity contribution >= 4 is 5.91 Å². The SMILES string of the molecule is O=C(NN1CCOCC1)c1noc(C2CCCN2)n1. The van der Waals surface area contributed by atoms with Gasteiger partial charge in [-0.1, -0.05) is 5.16 Å². The van der Waals surface area contributed by atoms with Crippen LogP contribution in [-0.4, -0.2) is 53.9 Å². The first-order chi connectivity index (χ1) is 9.33. The number of hydrogen-bond donors (Lipinski definition) is 2. The number of ether oxygens (including phenoxy) is 1. The van der Waals surface area contributed by atoms with Crippen molar-refractivity contribution in [3.05, 3.63) is 11.7 Å². The lowest BCUT2D eigenvalue weighted by molar-refractivity contribution is 0.0122. The van der Waals surface area contributed by atoms with Gasteiger partial charge in [-0.05, 0) is 19.4 Å². The molecule has 1 atom stereocenters. The summed E-state index contributed by atoms with van der Waals surface area (Å²) < 4.78 is 10.3. The van der Waals surface area contributed by atoms with Crippen molar-refractivity contribution in [3.8, 4) is 0 Å². The molecule has 0 radical (unpaired) electrons. The van der Waals surface area contributed by atoms with Gasteiger partial charge in [0.15, 0.2) is 0 Å². The van der Waals surface area contributed by atoms with Crippen LogP contribution in [0.25, 0.3) is 0 Å². The first-order valence-electron chi connectivity index (χ1n) is 6.53. The summed E-state index contributed by atoms with van der Waals surface area (Å²) in [5.74, 6) is 0.231. The first kappa shape index (κ1) is 12.5. The number of nitrogens with zero attached hydrogens (tertiary/aromatic N) is 3. The second kappa shape index (κ2) is 5.64. The van der Waals surface area contributed by atoms with Crippen molar-refractivity contribution in [2.24, 2.45) is 0 Å². The van der Waals surface area contributed by atoms with Crippen LogP contribution in [0, 0.1) is 0 Å². The largest absolute Gasteiger partial charge is 0.379 e. The Morgan fingerprint density at radius 1 is 1.42 bits per heavy atom. The standard InChI is InChI=1S/C11H17N5O3/c17-10(14-16-4-6-18-7-5-16)9-13-11(19-15-9)8-2-1-3-12-8/h8,12H,1-7H2,(H,14,17). The Hall–Kier alpha value is -1.51. The minimum absolute atomic E-state index is 0.0789. The number of nitrogens with one attached hydrogen (secondary N) is 2. The Bertz CT molecular complexity index is 437. The van der Waals surface area contributed by atoms with Gasteiger partial charge in [-0.15, -0.1) is 0 Å². The normalized spacial score (nSPS) is 24.5. The summed E-state index contributed by atoms with van der Waals surface area (Å²) in [6.45, 7) is 3.51. The summed E-state index contributed by atoms with van der Waals surface area (Å²) in [4.78, 5) is 16.1. The predicted molar refractivity (Wildman–Crippen MR) is 64.1 cm³/mol. The molecule has 0 saturated carbocycles. The second-order valence-electron chi connectivity index (χ2n) is 4.65. The van der Waals surface area contributed by atoms with Crippen LogP contribution in [0.1, 0.15) is 35.4 Å². The van der Waals surface area contributed by atoms with E-state index in [0.29, 0.717) is 32.2 Å². The van der Waals surface area contributed by atoms with Crippen LogP contribution in [0.2, 0.25) is 0 Å². The Balaban J connectivity index is 1.59. The maximum atomic E-state index is 11.9.